The molecule has 1 aliphatic carbocycles. The van der Waals surface area contributed by atoms with Gasteiger partial charge in [0, 0.05) is 5.92 Å². The Hall–Kier alpha value is -3.56. The molecule has 0 saturated carbocycles. The van der Waals surface area contributed by atoms with Gasteiger partial charge in [-0.25, -0.2) is 9.59 Å². The Morgan fingerprint density at radius 3 is 2.03 bits per heavy atom. The minimum Gasteiger partial charge on any atom is -0.480 e. The van der Waals surface area contributed by atoms with Gasteiger partial charge in [-0.1, -0.05) is 55.5 Å². The van der Waals surface area contributed by atoms with Crippen LogP contribution in [0.2, 0.25) is 0 Å². The summed E-state index contributed by atoms with van der Waals surface area (Å²) >= 11 is 0. The van der Waals surface area contributed by atoms with Gasteiger partial charge >= 0.3 is 18.2 Å². The summed E-state index contributed by atoms with van der Waals surface area (Å²) < 4.78 is 43.4. The van der Waals surface area contributed by atoms with Crippen molar-refractivity contribution in [3.63, 3.8) is 0 Å². The number of alkyl halides is 3. The van der Waals surface area contributed by atoms with Gasteiger partial charge in [0.15, 0.2) is 0 Å². The van der Waals surface area contributed by atoms with Crippen LogP contribution in [0.25, 0.3) is 11.1 Å². The molecule has 0 aliphatic heterocycles. The second-order valence-corrected chi connectivity index (χ2v) is 8.32. The molecule has 2 amide bonds. The summed E-state index contributed by atoms with van der Waals surface area (Å²) in [6.45, 7) is 2.80. The standard InChI is InChI=1S/C24H25F3N2O5/c1-3-23(2,21(32)28-19(20(30)31)12-24(25,26)27)29-22(33)34-13-18-16-10-6-4-8-14(16)15-9-5-7-11-17(15)18/h4-11,18-19H,3,12-13H2,1-2H3,(H,28,32)(H,29,33)(H,30,31). The fourth-order valence-electron chi connectivity index (χ4n) is 3.91. The van der Waals surface area contributed by atoms with E-state index in [9.17, 15) is 27.6 Å². The highest BCUT2D eigenvalue weighted by Crippen LogP contribution is 2.44. The largest absolute Gasteiger partial charge is 0.480 e. The number of amides is 2. The van der Waals surface area contributed by atoms with Crippen LogP contribution in [0.4, 0.5) is 18.0 Å². The van der Waals surface area contributed by atoms with Crippen LogP contribution in [0, 0.1) is 0 Å². The van der Waals surface area contributed by atoms with E-state index in [0.29, 0.717) is 0 Å². The van der Waals surface area contributed by atoms with Gasteiger partial charge in [-0.2, -0.15) is 13.2 Å². The molecule has 0 aromatic heterocycles. The lowest BCUT2D eigenvalue weighted by atomic mass is 9.97. The molecule has 1 aliphatic rings. The van der Waals surface area contributed by atoms with Crippen LogP contribution in [-0.2, 0) is 14.3 Å². The van der Waals surface area contributed by atoms with E-state index in [1.165, 1.54) is 13.8 Å². The lowest BCUT2D eigenvalue weighted by molar-refractivity contribution is -0.160. The summed E-state index contributed by atoms with van der Waals surface area (Å²) in [7, 11) is 0. The van der Waals surface area contributed by atoms with Crippen molar-refractivity contribution in [1.82, 2.24) is 10.6 Å². The molecule has 2 atom stereocenters. The second-order valence-electron chi connectivity index (χ2n) is 8.32. The van der Waals surface area contributed by atoms with Crippen molar-refractivity contribution in [1.29, 1.82) is 0 Å². The fraction of sp³-hybridized carbons (Fsp3) is 0.375. The van der Waals surface area contributed by atoms with Crippen LogP contribution in [-0.4, -0.2) is 47.4 Å². The van der Waals surface area contributed by atoms with Gasteiger partial charge in [0.25, 0.3) is 0 Å². The van der Waals surface area contributed by atoms with E-state index in [4.69, 9.17) is 9.84 Å². The highest BCUT2D eigenvalue weighted by molar-refractivity contribution is 5.92. The molecular formula is C24H25F3N2O5. The van der Waals surface area contributed by atoms with Crippen LogP contribution < -0.4 is 10.6 Å². The Balaban J connectivity index is 1.67. The Kier molecular flexibility index (Phi) is 7.18. The van der Waals surface area contributed by atoms with E-state index in [0.717, 1.165) is 22.3 Å². The fourth-order valence-corrected chi connectivity index (χ4v) is 3.91. The summed E-state index contributed by atoms with van der Waals surface area (Å²) in [6, 6.07) is 13.3. The number of nitrogens with one attached hydrogen (secondary N) is 2. The topological polar surface area (TPSA) is 105 Å². The first-order chi connectivity index (χ1) is 15.9. The smallest absolute Gasteiger partial charge is 0.408 e. The number of hydrogen-bond donors (Lipinski definition) is 3. The monoisotopic (exact) mass is 478 g/mol. The molecule has 0 heterocycles. The average molecular weight is 478 g/mol. The van der Waals surface area contributed by atoms with Crippen molar-refractivity contribution < 1.29 is 37.4 Å². The number of fused-ring (bicyclic) bond motifs is 3. The van der Waals surface area contributed by atoms with Gasteiger partial charge in [0.1, 0.15) is 18.2 Å². The van der Waals surface area contributed by atoms with Gasteiger partial charge in [-0.05, 0) is 35.6 Å². The van der Waals surface area contributed by atoms with Gasteiger partial charge in [-0.15, -0.1) is 0 Å². The predicted octanol–water partition coefficient (Wildman–Crippen LogP) is 4.22. The van der Waals surface area contributed by atoms with Crippen molar-refractivity contribution in [2.75, 3.05) is 6.61 Å². The lowest BCUT2D eigenvalue weighted by Crippen LogP contribution is -2.59. The molecule has 3 N–H and O–H groups in total. The van der Waals surface area contributed by atoms with Gasteiger partial charge in [-0.3, -0.25) is 4.79 Å². The molecule has 0 radical (unpaired) electrons. The van der Waals surface area contributed by atoms with Crippen LogP contribution >= 0.6 is 0 Å². The zero-order valence-electron chi connectivity index (χ0n) is 18.6. The third kappa shape index (κ3) is 5.49. The molecule has 0 saturated heterocycles. The predicted molar refractivity (Wildman–Crippen MR) is 117 cm³/mol. The van der Waals surface area contributed by atoms with E-state index in [2.05, 4.69) is 5.32 Å². The van der Waals surface area contributed by atoms with Crippen LogP contribution in [0.3, 0.4) is 0 Å². The zero-order chi connectivity index (χ0) is 25.1. The highest BCUT2D eigenvalue weighted by atomic mass is 19.4. The molecular weight excluding hydrogens is 453 g/mol. The SMILES string of the molecule is CCC(C)(NC(=O)OCC1c2ccccc2-c2ccccc21)C(=O)NC(CC(F)(F)F)C(=O)O. The lowest BCUT2D eigenvalue weighted by Gasteiger charge is -2.30. The molecule has 0 spiro atoms. The number of benzene rings is 2. The number of carbonyl (C=O) groups excluding carboxylic acids is 2. The van der Waals surface area contributed by atoms with Gasteiger partial charge < -0.3 is 20.5 Å². The van der Waals surface area contributed by atoms with Crippen LogP contribution in [0.5, 0.6) is 0 Å². The number of carboxylic acid groups (broad SMARTS) is 1. The molecule has 10 heteroatoms. The maximum absolute atomic E-state index is 12.7. The van der Waals surface area contributed by atoms with Gasteiger partial charge in [0.05, 0.1) is 6.42 Å². The number of carboxylic acids is 1. The van der Waals surface area contributed by atoms with Crippen LogP contribution in [0.15, 0.2) is 48.5 Å². The number of rotatable bonds is 8. The van der Waals surface area contributed by atoms with Crippen molar-refractivity contribution in [2.45, 2.75) is 50.4 Å². The number of alkyl carbamates (subject to hydrolysis) is 1. The summed E-state index contributed by atoms with van der Waals surface area (Å²) in [4.78, 5) is 36.3. The molecule has 7 nitrogen and oxygen atoms in total. The molecule has 3 rings (SSSR count). The number of aliphatic carboxylic acids is 1. The van der Waals surface area contributed by atoms with Crippen LogP contribution in [0.1, 0.15) is 43.7 Å². The maximum atomic E-state index is 12.7. The Bertz CT molecular complexity index is 1040. The first-order valence-electron chi connectivity index (χ1n) is 10.7. The second kappa shape index (κ2) is 9.74. The minimum atomic E-state index is -4.79. The third-order valence-corrected chi connectivity index (χ3v) is 5.97. The highest BCUT2D eigenvalue weighted by Gasteiger charge is 2.41. The maximum Gasteiger partial charge on any atom is 0.408 e. The van der Waals surface area contributed by atoms with Gasteiger partial charge in [0.2, 0.25) is 5.91 Å². The molecule has 34 heavy (non-hydrogen) atoms. The Morgan fingerprint density at radius 1 is 1.03 bits per heavy atom. The van der Waals surface area contributed by atoms with Crippen molar-refractivity contribution in [2.24, 2.45) is 0 Å². The van der Waals surface area contributed by atoms with E-state index in [1.54, 1.807) is 0 Å². The van der Waals surface area contributed by atoms with E-state index < -0.39 is 42.1 Å². The zero-order valence-corrected chi connectivity index (χ0v) is 18.6. The number of ether oxygens (including phenoxy) is 1. The first-order valence-corrected chi connectivity index (χ1v) is 10.7. The van der Waals surface area contributed by atoms with Crippen molar-refractivity contribution in [3.8, 4) is 11.1 Å². The van der Waals surface area contributed by atoms with E-state index in [1.807, 2.05) is 53.8 Å². The Morgan fingerprint density at radius 2 is 1.56 bits per heavy atom. The first kappa shape index (κ1) is 25.1. The molecule has 2 aromatic carbocycles. The summed E-state index contributed by atoms with van der Waals surface area (Å²) in [5, 5.41) is 13.3. The molecule has 182 valence electrons. The van der Waals surface area contributed by atoms with Crippen molar-refractivity contribution in [3.05, 3.63) is 59.7 Å². The average Bonchev–Trinajstić information content (AvgIpc) is 3.10. The van der Waals surface area contributed by atoms with E-state index in [-0.39, 0.29) is 18.9 Å². The molecule has 0 fully saturated rings. The summed E-state index contributed by atoms with van der Waals surface area (Å²) in [5.74, 6) is -3.10. The molecule has 2 unspecified atom stereocenters. The normalized spacial score (nSPS) is 15.4. The van der Waals surface area contributed by atoms with Crippen molar-refractivity contribution >= 4 is 18.0 Å². The molecule has 0 bridgehead atoms. The summed E-state index contributed by atoms with van der Waals surface area (Å²) in [5.41, 5.74) is 2.37. The number of hydrogen-bond acceptors (Lipinski definition) is 4. The summed E-state index contributed by atoms with van der Waals surface area (Å²) in [6.07, 6.45) is -7.48. The number of carbonyl (C=O) groups is 3. The molecule has 2 aromatic rings. The third-order valence-electron chi connectivity index (χ3n) is 5.97. The van der Waals surface area contributed by atoms with E-state index >= 15 is 0 Å². The quantitative estimate of drug-likeness (QED) is 0.527. The minimum absolute atomic E-state index is 0.0125. The Labute approximate surface area is 194 Å². The number of halogens is 3.